The van der Waals surface area contributed by atoms with Gasteiger partial charge in [0.2, 0.25) is 0 Å². The van der Waals surface area contributed by atoms with Crippen LogP contribution in [0.15, 0.2) is 29.1 Å². The Labute approximate surface area is 146 Å². The third-order valence-electron chi connectivity index (χ3n) is 4.38. The van der Waals surface area contributed by atoms with Crippen molar-refractivity contribution in [2.45, 2.75) is 52.9 Å². The molecule has 2 heterocycles. The molecule has 0 amide bonds. The monoisotopic (exact) mass is 340 g/mol. The number of aromatic nitrogens is 2. The van der Waals surface area contributed by atoms with Crippen molar-refractivity contribution in [3.63, 3.8) is 0 Å². The van der Waals surface area contributed by atoms with E-state index in [2.05, 4.69) is 61.9 Å². The van der Waals surface area contributed by atoms with E-state index in [4.69, 9.17) is 0 Å². The highest BCUT2D eigenvalue weighted by Gasteiger charge is 2.19. The Morgan fingerprint density at radius 1 is 1.08 bits per heavy atom. The van der Waals surface area contributed by atoms with Gasteiger partial charge in [0.1, 0.15) is 10.7 Å². The zero-order chi connectivity index (χ0) is 17.5. The first kappa shape index (κ1) is 16.9. The van der Waals surface area contributed by atoms with E-state index >= 15 is 0 Å². The molecule has 3 nitrogen and oxygen atoms in total. The maximum absolute atomic E-state index is 12.6. The van der Waals surface area contributed by atoms with E-state index < -0.39 is 0 Å². The molecular formula is C20H24N2OS. The molecule has 0 spiro atoms. The number of fused-ring (bicyclic) bond motifs is 1. The Kier molecular flexibility index (Phi) is 4.35. The standard InChI is InChI=1S/C20H24N2OS/c1-6-14-16(12-8-10-13(11-9-12)20(3,4)5)17-18(23)21-15(7-2)22-19(17)24-14/h8-11H,6-7H2,1-5H3,(H,21,22,23). The Morgan fingerprint density at radius 3 is 2.29 bits per heavy atom. The first-order valence-electron chi connectivity index (χ1n) is 8.50. The predicted octanol–water partition coefficient (Wildman–Crippen LogP) is 5.07. The number of hydrogen-bond acceptors (Lipinski definition) is 3. The summed E-state index contributed by atoms with van der Waals surface area (Å²) in [5.74, 6) is 0.756. The summed E-state index contributed by atoms with van der Waals surface area (Å²) in [4.78, 5) is 22.2. The van der Waals surface area contributed by atoms with Gasteiger partial charge in [-0.1, -0.05) is 58.9 Å². The van der Waals surface area contributed by atoms with Gasteiger partial charge >= 0.3 is 0 Å². The number of thiophene rings is 1. The Hall–Kier alpha value is -1.94. The lowest BCUT2D eigenvalue weighted by Crippen LogP contribution is -2.11. The summed E-state index contributed by atoms with van der Waals surface area (Å²) in [5.41, 5.74) is 3.54. The van der Waals surface area contributed by atoms with Crippen LogP contribution in [-0.4, -0.2) is 9.97 Å². The average molecular weight is 340 g/mol. The van der Waals surface area contributed by atoms with E-state index in [1.165, 1.54) is 10.4 Å². The number of aryl methyl sites for hydroxylation is 2. The first-order valence-corrected chi connectivity index (χ1v) is 9.32. The fourth-order valence-corrected chi connectivity index (χ4v) is 4.11. The number of hydrogen-bond donors (Lipinski definition) is 1. The predicted molar refractivity (Wildman–Crippen MR) is 103 cm³/mol. The molecule has 24 heavy (non-hydrogen) atoms. The van der Waals surface area contributed by atoms with Gasteiger partial charge in [-0.05, 0) is 23.0 Å². The molecule has 1 N–H and O–H groups in total. The molecule has 3 aromatic rings. The van der Waals surface area contributed by atoms with E-state index in [0.29, 0.717) is 0 Å². The smallest absolute Gasteiger partial charge is 0.260 e. The SMILES string of the molecule is CCc1nc2sc(CC)c(-c3ccc(C(C)(C)C)cc3)c2c(=O)[nH]1. The highest BCUT2D eigenvalue weighted by Crippen LogP contribution is 2.37. The number of H-pyrrole nitrogens is 1. The largest absolute Gasteiger partial charge is 0.310 e. The Morgan fingerprint density at radius 2 is 1.75 bits per heavy atom. The minimum atomic E-state index is -0.0253. The van der Waals surface area contributed by atoms with Gasteiger partial charge < -0.3 is 4.98 Å². The van der Waals surface area contributed by atoms with Crippen LogP contribution in [0.4, 0.5) is 0 Å². The van der Waals surface area contributed by atoms with Crippen molar-refractivity contribution in [2.75, 3.05) is 0 Å². The summed E-state index contributed by atoms with van der Waals surface area (Å²) in [7, 11) is 0. The number of benzene rings is 1. The highest BCUT2D eigenvalue weighted by atomic mass is 32.1. The molecule has 0 saturated carbocycles. The number of aromatic amines is 1. The second kappa shape index (κ2) is 6.17. The minimum absolute atomic E-state index is 0.0253. The van der Waals surface area contributed by atoms with Crippen molar-refractivity contribution in [1.29, 1.82) is 0 Å². The maximum atomic E-state index is 12.6. The molecule has 1 aromatic carbocycles. The molecule has 0 atom stereocenters. The van der Waals surface area contributed by atoms with Crippen LogP contribution in [0.2, 0.25) is 0 Å². The quantitative estimate of drug-likeness (QED) is 0.723. The van der Waals surface area contributed by atoms with Crippen LogP contribution in [0, 0.1) is 0 Å². The summed E-state index contributed by atoms with van der Waals surface area (Å²) in [5, 5.41) is 0.734. The van der Waals surface area contributed by atoms with Crippen molar-refractivity contribution in [1.82, 2.24) is 9.97 Å². The first-order chi connectivity index (χ1) is 11.3. The number of rotatable bonds is 3. The number of nitrogens with zero attached hydrogens (tertiary/aromatic N) is 1. The van der Waals surface area contributed by atoms with E-state index in [1.54, 1.807) is 11.3 Å². The van der Waals surface area contributed by atoms with Crippen LogP contribution in [0.5, 0.6) is 0 Å². The van der Waals surface area contributed by atoms with Gasteiger partial charge in [0, 0.05) is 16.9 Å². The van der Waals surface area contributed by atoms with Crippen molar-refractivity contribution >= 4 is 21.6 Å². The van der Waals surface area contributed by atoms with Crippen LogP contribution in [0.1, 0.15) is 50.9 Å². The van der Waals surface area contributed by atoms with E-state index in [9.17, 15) is 4.79 Å². The van der Waals surface area contributed by atoms with Crippen LogP contribution in [0.3, 0.4) is 0 Å². The molecule has 0 fully saturated rings. The lowest BCUT2D eigenvalue weighted by molar-refractivity contribution is 0.590. The maximum Gasteiger partial charge on any atom is 0.260 e. The van der Waals surface area contributed by atoms with Gasteiger partial charge in [-0.2, -0.15) is 0 Å². The van der Waals surface area contributed by atoms with Crippen molar-refractivity contribution < 1.29 is 0 Å². The van der Waals surface area contributed by atoms with Crippen LogP contribution < -0.4 is 5.56 Å². The lowest BCUT2D eigenvalue weighted by Gasteiger charge is -2.19. The highest BCUT2D eigenvalue weighted by molar-refractivity contribution is 7.19. The van der Waals surface area contributed by atoms with Gasteiger partial charge in [-0.25, -0.2) is 4.98 Å². The van der Waals surface area contributed by atoms with E-state index in [0.717, 1.165) is 40.0 Å². The molecule has 0 aliphatic heterocycles. The Balaban J connectivity index is 2.23. The third kappa shape index (κ3) is 2.91. The summed E-state index contributed by atoms with van der Waals surface area (Å²) in [6.07, 6.45) is 1.64. The summed E-state index contributed by atoms with van der Waals surface area (Å²) in [6.45, 7) is 10.8. The summed E-state index contributed by atoms with van der Waals surface area (Å²) in [6, 6.07) is 8.60. The normalized spacial score (nSPS) is 12.0. The fourth-order valence-electron chi connectivity index (χ4n) is 2.96. The van der Waals surface area contributed by atoms with Gasteiger partial charge in [-0.3, -0.25) is 4.79 Å². The minimum Gasteiger partial charge on any atom is -0.310 e. The zero-order valence-electron chi connectivity index (χ0n) is 15.0. The van der Waals surface area contributed by atoms with Gasteiger partial charge in [-0.15, -0.1) is 11.3 Å². The molecule has 2 aromatic heterocycles. The molecular weight excluding hydrogens is 316 g/mol. The van der Waals surface area contributed by atoms with Gasteiger partial charge in [0.05, 0.1) is 5.39 Å². The van der Waals surface area contributed by atoms with Gasteiger partial charge in [0.15, 0.2) is 0 Å². The lowest BCUT2D eigenvalue weighted by atomic mass is 9.86. The second-order valence-electron chi connectivity index (χ2n) is 7.13. The fraction of sp³-hybridized carbons (Fsp3) is 0.400. The average Bonchev–Trinajstić information content (AvgIpc) is 2.93. The van der Waals surface area contributed by atoms with Crippen molar-refractivity contribution in [3.8, 4) is 11.1 Å². The topological polar surface area (TPSA) is 45.8 Å². The van der Waals surface area contributed by atoms with Crippen molar-refractivity contribution in [3.05, 3.63) is 50.9 Å². The molecule has 0 saturated heterocycles. The molecule has 126 valence electrons. The van der Waals surface area contributed by atoms with Crippen LogP contribution >= 0.6 is 11.3 Å². The number of nitrogens with one attached hydrogen (secondary N) is 1. The zero-order valence-corrected chi connectivity index (χ0v) is 15.8. The molecule has 4 heteroatoms. The molecule has 0 aliphatic carbocycles. The van der Waals surface area contributed by atoms with Crippen molar-refractivity contribution in [2.24, 2.45) is 0 Å². The third-order valence-corrected chi connectivity index (χ3v) is 5.61. The van der Waals surface area contributed by atoms with E-state index in [1.807, 2.05) is 6.92 Å². The van der Waals surface area contributed by atoms with Crippen LogP contribution in [0.25, 0.3) is 21.3 Å². The second-order valence-corrected chi connectivity index (χ2v) is 8.21. The Bertz CT molecular complexity index is 927. The molecule has 0 aliphatic rings. The van der Waals surface area contributed by atoms with E-state index in [-0.39, 0.29) is 11.0 Å². The molecule has 0 unspecified atom stereocenters. The van der Waals surface area contributed by atoms with Gasteiger partial charge in [0.25, 0.3) is 5.56 Å². The molecule has 0 radical (unpaired) electrons. The molecule has 0 bridgehead atoms. The van der Waals surface area contributed by atoms with Crippen LogP contribution in [-0.2, 0) is 18.3 Å². The summed E-state index contributed by atoms with van der Waals surface area (Å²) < 4.78 is 0. The summed E-state index contributed by atoms with van der Waals surface area (Å²) >= 11 is 1.64. The molecule has 3 rings (SSSR count).